The van der Waals surface area contributed by atoms with Gasteiger partial charge in [-0.15, -0.1) is 0 Å². The molecule has 0 aromatic heterocycles. The topological polar surface area (TPSA) is 59.0 Å². The Bertz CT molecular complexity index is 1200. The van der Waals surface area contributed by atoms with Crippen molar-refractivity contribution in [2.45, 2.75) is 45.3 Å². The molecular weight excluding hydrogens is 378 g/mol. The third-order valence-corrected chi connectivity index (χ3v) is 6.87. The van der Waals surface area contributed by atoms with E-state index in [1.165, 1.54) is 0 Å². The number of ether oxygens (including phenoxy) is 2. The van der Waals surface area contributed by atoms with E-state index >= 15 is 0 Å². The molecule has 5 nitrogen and oxygen atoms in total. The second kappa shape index (κ2) is 6.88. The van der Waals surface area contributed by atoms with E-state index in [4.69, 9.17) is 9.47 Å². The molecule has 5 heteroatoms. The van der Waals surface area contributed by atoms with Crippen LogP contribution in [-0.2, 0) is 0 Å². The van der Waals surface area contributed by atoms with Crippen LogP contribution < -0.4 is 9.47 Å². The molecule has 30 heavy (non-hydrogen) atoms. The Balaban J connectivity index is 1.97. The number of nitrogens with zero attached hydrogens (tertiary/aromatic N) is 1. The van der Waals surface area contributed by atoms with Crippen LogP contribution in [0.4, 0.5) is 0 Å². The first-order valence-electron chi connectivity index (χ1n) is 10.6. The number of hydrogen-bond donors (Lipinski definition) is 1. The molecule has 3 aromatic rings. The van der Waals surface area contributed by atoms with Gasteiger partial charge in [0.25, 0.3) is 5.91 Å². The SMILES string of the molecule is COc1cc2c3c(c4cc(OC)c(C)cc4c2cc1C)C(O)C1CCCCN1C3=O. The Hall–Kier alpha value is -2.79. The van der Waals surface area contributed by atoms with Gasteiger partial charge in [-0.1, -0.05) is 0 Å². The average Bonchev–Trinajstić information content (AvgIpc) is 2.76. The van der Waals surface area contributed by atoms with Gasteiger partial charge in [-0.3, -0.25) is 4.79 Å². The van der Waals surface area contributed by atoms with Crippen LogP contribution in [0.3, 0.4) is 0 Å². The summed E-state index contributed by atoms with van der Waals surface area (Å²) in [6.07, 6.45) is 2.11. The number of aryl methyl sites for hydroxylation is 2. The van der Waals surface area contributed by atoms with E-state index < -0.39 is 6.10 Å². The standard InChI is InChI=1S/C25H27NO4/c1-13-9-15-16-10-14(2)21(30-4)12-18(16)23-22(17(15)11-20(13)29-3)24(27)19-7-5-6-8-26(19)25(23)28/h9-12,19,24,27H,5-8H2,1-4H3. The summed E-state index contributed by atoms with van der Waals surface area (Å²) >= 11 is 0. The number of aliphatic hydroxyl groups is 1. The minimum absolute atomic E-state index is 0.0114. The summed E-state index contributed by atoms with van der Waals surface area (Å²) in [6, 6.07) is 7.96. The molecule has 0 radical (unpaired) electrons. The van der Waals surface area contributed by atoms with Crippen LogP contribution in [0.5, 0.6) is 11.5 Å². The van der Waals surface area contributed by atoms with Crippen LogP contribution in [0.15, 0.2) is 24.3 Å². The van der Waals surface area contributed by atoms with Crippen molar-refractivity contribution in [3.63, 3.8) is 0 Å². The maximum absolute atomic E-state index is 13.7. The van der Waals surface area contributed by atoms with Crippen LogP contribution in [0, 0.1) is 13.8 Å². The molecule has 2 aliphatic rings. The van der Waals surface area contributed by atoms with Crippen LogP contribution in [-0.4, -0.2) is 42.7 Å². The molecule has 3 aromatic carbocycles. The molecule has 156 valence electrons. The fourth-order valence-electron chi connectivity index (χ4n) is 5.38. The summed E-state index contributed by atoms with van der Waals surface area (Å²) in [5.74, 6) is 1.52. The van der Waals surface area contributed by atoms with Crippen molar-refractivity contribution in [2.75, 3.05) is 20.8 Å². The molecule has 0 spiro atoms. The highest BCUT2D eigenvalue weighted by atomic mass is 16.5. The highest BCUT2D eigenvalue weighted by Crippen LogP contribution is 2.46. The molecule has 1 amide bonds. The predicted octanol–water partition coefficient (Wildman–Crippen LogP) is 4.67. The zero-order valence-electron chi connectivity index (χ0n) is 17.9. The lowest BCUT2D eigenvalue weighted by molar-refractivity contribution is 0.0132. The number of rotatable bonds is 2. The molecule has 1 fully saturated rings. The quantitative estimate of drug-likeness (QED) is 0.630. The minimum atomic E-state index is -0.718. The van der Waals surface area contributed by atoms with Gasteiger partial charge in [0.1, 0.15) is 17.6 Å². The monoisotopic (exact) mass is 405 g/mol. The van der Waals surface area contributed by atoms with E-state index in [2.05, 4.69) is 12.1 Å². The number of aliphatic hydroxyl groups excluding tert-OH is 1. The van der Waals surface area contributed by atoms with Gasteiger partial charge < -0.3 is 19.5 Å². The Kier molecular flexibility index (Phi) is 4.40. The van der Waals surface area contributed by atoms with Crippen molar-refractivity contribution in [3.8, 4) is 11.5 Å². The van der Waals surface area contributed by atoms with Gasteiger partial charge in [0, 0.05) is 12.1 Å². The number of amides is 1. The minimum Gasteiger partial charge on any atom is -0.496 e. The van der Waals surface area contributed by atoms with E-state index in [9.17, 15) is 9.90 Å². The highest BCUT2D eigenvalue weighted by molar-refractivity contribution is 6.20. The lowest BCUT2D eigenvalue weighted by Gasteiger charge is -2.43. The van der Waals surface area contributed by atoms with E-state index in [1.807, 2.05) is 30.9 Å². The van der Waals surface area contributed by atoms with E-state index in [1.54, 1.807) is 14.2 Å². The number of carbonyl (C=O) groups excluding carboxylic acids is 1. The Morgan fingerprint density at radius 3 is 2.13 bits per heavy atom. The van der Waals surface area contributed by atoms with Crippen LogP contribution in [0.2, 0.25) is 0 Å². The van der Waals surface area contributed by atoms with Gasteiger partial charge in [0.15, 0.2) is 0 Å². The maximum atomic E-state index is 13.7. The van der Waals surface area contributed by atoms with Gasteiger partial charge in [-0.05, 0) is 90.0 Å². The summed E-state index contributed by atoms with van der Waals surface area (Å²) in [5, 5.41) is 15.3. The molecule has 1 saturated heterocycles. The van der Waals surface area contributed by atoms with Crippen LogP contribution in [0.1, 0.15) is 52.4 Å². The highest BCUT2D eigenvalue weighted by Gasteiger charge is 2.42. The first kappa shape index (κ1) is 19.2. The van der Waals surface area contributed by atoms with Crippen molar-refractivity contribution in [1.29, 1.82) is 0 Å². The predicted molar refractivity (Wildman–Crippen MR) is 118 cm³/mol. The summed E-state index contributed by atoms with van der Waals surface area (Å²) < 4.78 is 11.2. The zero-order valence-corrected chi connectivity index (χ0v) is 17.9. The first-order valence-corrected chi connectivity index (χ1v) is 10.6. The third kappa shape index (κ3) is 2.54. The molecule has 2 atom stereocenters. The molecule has 2 aliphatic heterocycles. The fourth-order valence-corrected chi connectivity index (χ4v) is 5.38. The maximum Gasteiger partial charge on any atom is 0.255 e. The van der Waals surface area contributed by atoms with E-state index in [0.717, 1.165) is 69.0 Å². The Morgan fingerprint density at radius 2 is 1.50 bits per heavy atom. The van der Waals surface area contributed by atoms with Gasteiger partial charge >= 0.3 is 0 Å². The number of piperidine rings is 1. The van der Waals surface area contributed by atoms with Crippen molar-refractivity contribution in [1.82, 2.24) is 4.90 Å². The lowest BCUT2D eigenvalue weighted by atomic mass is 9.79. The second-order valence-electron chi connectivity index (χ2n) is 8.53. The summed E-state index contributed by atoms with van der Waals surface area (Å²) in [7, 11) is 3.30. The fraction of sp³-hybridized carbons (Fsp3) is 0.400. The number of carbonyl (C=O) groups is 1. The van der Waals surface area contributed by atoms with Crippen LogP contribution >= 0.6 is 0 Å². The van der Waals surface area contributed by atoms with E-state index in [0.29, 0.717) is 12.1 Å². The molecule has 0 saturated carbocycles. The Labute approximate surface area is 176 Å². The number of fused-ring (bicyclic) bond motifs is 7. The van der Waals surface area contributed by atoms with Crippen molar-refractivity contribution < 1.29 is 19.4 Å². The van der Waals surface area contributed by atoms with Gasteiger partial charge in [-0.25, -0.2) is 0 Å². The first-order chi connectivity index (χ1) is 14.5. The molecule has 0 bridgehead atoms. The summed E-state index contributed by atoms with van der Waals surface area (Å²) in [4.78, 5) is 15.6. The van der Waals surface area contributed by atoms with Crippen LogP contribution in [0.25, 0.3) is 21.5 Å². The number of methoxy groups -OCH3 is 2. The van der Waals surface area contributed by atoms with E-state index in [-0.39, 0.29) is 11.9 Å². The second-order valence-corrected chi connectivity index (χ2v) is 8.53. The molecule has 1 N–H and O–H groups in total. The third-order valence-electron chi connectivity index (χ3n) is 6.87. The summed E-state index contributed by atoms with van der Waals surface area (Å²) in [5.41, 5.74) is 3.37. The number of benzene rings is 3. The summed E-state index contributed by atoms with van der Waals surface area (Å²) in [6.45, 7) is 4.72. The van der Waals surface area contributed by atoms with Gasteiger partial charge in [0.05, 0.1) is 25.8 Å². The average molecular weight is 405 g/mol. The van der Waals surface area contributed by atoms with Crippen molar-refractivity contribution in [3.05, 3.63) is 46.5 Å². The largest absolute Gasteiger partial charge is 0.496 e. The van der Waals surface area contributed by atoms with Crippen molar-refractivity contribution in [2.24, 2.45) is 0 Å². The van der Waals surface area contributed by atoms with Gasteiger partial charge in [-0.2, -0.15) is 0 Å². The van der Waals surface area contributed by atoms with Gasteiger partial charge in [0.2, 0.25) is 0 Å². The molecule has 5 rings (SSSR count). The lowest BCUT2D eigenvalue weighted by Crippen LogP contribution is -2.50. The molecule has 2 heterocycles. The molecule has 0 aliphatic carbocycles. The zero-order chi connectivity index (χ0) is 21.2. The molecular formula is C25H27NO4. The van der Waals surface area contributed by atoms with Crippen molar-refractivity contribution >= 4 is 27.5 Å². The Morgan fingerprint density at radius 1 is 0.900 bits per heavy atom. The number of hydrogen-bond acceptors (Lipinski definition) is 4. The molecule has 2 unspecified atom stereocenters. The smallest absolute Gasteiger partial charge is 0.255 e. The normalized spacial score (nSPS) is 21.0.